The molecule has 0 radical (unpaired) electrons. The van der Waals surface area contributed by atoms with Gasteiger partial charge in [-0.25, -0.2) is 4.39 Å². The van der Waals surface area contributed by atoms with Crippen molar-refractivity contribution < 1.29 is 9.18 Å². The molecule has 0 saturated carbocycles. The van der Waals surface area contributed by atoms with E-state index in [1.54, 1.807) is 6.07 Å². The van der Waals surface area contributed by atoms with Gasteiger partial charge in [0.05, 0.1) is 5.69 Å². The van der Waals surface area contributed by atoms with Crippen molar-refractivity contribution in [1.82, 2.24) is 0 Å². The number of halogens is 2. The van der Waals surface area contributed by atoms with Crippen LogP contribution in [0.15, 0.2) is 70.7 Å². The summed E-state index contributed by atoms with van der Waals surface area (Å²) in [4.78, 5) is 14.8. The fraction of sp³-hybridized carbons (Fsp3) is 0.208. The van der Waals surface area contributed by atoms with Crippen molar-refractivity contribution in [3.8, 4) is 0 Å². The Kier molecular flexibility index (Phi) is 6.63. The maximum Gasteiger partial charge on any atom is 0.166 e. The van der Waals surface area contributed by atoms with Gasteiger partial charge in [0.2, 0.25) is 0 Å². The van der Waals surface area contributed by atoms with Gasteiger partial charge in [-0.2, -0.15) is 0 Å². The maximum atomic E-state index is 13.6. The zero-order valence-electron chi connectivity index (χ0n) is 16.1. The second kappa shape index (κ2) is 9.16. The smallest absolute Gasteiger partial charge is 0.166 e. The highest BCUT2D eigenvalue weighted by Crippen LogP contribution is 2.30. The monoisotopic (exact) mass is 439 g/mol. The number of carbonyl (C=O) groups excluding carboxylic acids is 1. The van der Waals surface area contributed by atoms with Crippen LogP contribution in [0.3, 0.4) is 0 Å². The standard InChI is InChI=1S/C24H23BrFNO/c1-27(2)23-14-13-17(15-22(23)25)7-5-12-24(28)21-11-4-3-10-20(21)18-8-6-9-19(26)16-18/h5-11,13-16H,3-4,12H2,1-2H3/b7-5+. The third-order valence-electron chi connectivity index (χ3n) is 4.66. The SMILES string of the molecule is CN(C)c1ccc(/C=C/CC(=O)C2=CCCC=C2c2cccc(F)c2)cc1Br. The van der Waals surface area contributed by atoms with E-state index < -0.39 is 0 Å². The van der Waals surface area contributed by atoms with E-state index in [0.29, 0.717) is 12.0 Å². The summed E-state index contributed by atoms with van der Waals surface area (Å²) in [7, 11) is 3.99. The van der Waals surface area contributed by atoms with E-state index in [1.807, 2.05) is 67.6 Å². The molecule has 0 saturated heterocycles. The number of allylic oxidation sites excluding steroid dienone is 5. The van der Waals surface area contributed by atoms with Crippen LogP contribution in [-0.4, -0.2) is 19.9 Å². The van der Waals surface area contributed by atoms with Crippen molar-refractivity contribution >= 4 is 39.0 Å². The van der Waals surface area contributed by atoms with Gasteiger partial charge in [0.15, 0.2) is 5.78 Å². The van der Waals surface area contributed by atoms with Crippen LogP contribution in [0.5, 0.6) is 0 Å². The number of nitrogens with zero attached hydrogens (tertiary/aromatic N) is 1. The van der Waals surface area contributed by atoms with Gasteiger partial charge in [0.25, 0.3) is 0 Å². The quantitative estimate of drug-likeness (QED) is 0.516. The average molecular weight is 440 g/mol. The van der Waals surface area contributed by atoms with Crippen molar-refractivity contribution in [3.05, 3.63) is 87.7 Å². The minimum atomic E-state index is -0.289. The zero-order chi connectivity index (χ0) is 20.1. The molecule has 0 aromatic heterocycles. The lowest BCUT2D eigenvalue weighted by Gasteiger charge is -2.15. The summed E-state index contributed by atoms with van der Waals surface area (Å²) >= 11 is 3.58. The summed E-state index contributed by atoms with van der Waals surface area (Å²) < 4.78 is 14.6. The number of carbonyl (C=O) groups is 1. The second-order valence-electron chi connectivity index (χ2n) is 6.96. The molecule has 0 N–H and O–H groups in total. The largest absolute Gasteiger partial charge is 0.377 e. The Labute approximate surface area is 174 Å². The molecule has 0 unspecified atom stereocenters. The van der Waals surface area contributed by atoms with Gasteiger partial charge < -0.3 is 4.90 Å². The second-order valence-corrected chi connectivity index (χ2v) is 7.81. The summed E-state index contributed by atoms with van der Waals surface area (Å²) in [6.07, 6.45) is 9.86. The third kappa shape index (κ3) is 4.87. The molecule has 0 bridgehead atoms. The minimum absolute atomic E-state index is 0.0513. The van der Waals surface area contributed by atoms with E-state index in [2.05, 4.69) is 15.9 Å². The van der Waals surface area contributed by atoms with Crippen LogP contribution < -0.4 is 4.90 Å². The fourth-order valence-electron chi connectivity index (χ4n) is 3.27. The molecule has 3 rings (SSSR count). The summed E-state index contributed by atoms with van der Waals surface area (Å²) in [5, 5.41) is 0. The number of anilines is 1. The highest BCUT2D eigenvalue weighted by molar-refractivity contribution is 9.10. The molecule has 0 atom stereocenters. The van der Waals surface area contributed by atoms with E-state index >= 15 is 0 Å². The lowest BCUT2D eigenvalue weighted by atomic mass is 9.88. The molecule has 28 heavy (non-hydrogen) atoms. The molecule has 2 aromatic rings. The molecule has 1 aliphatic rings. The van der Waals surface area contributed by atoms with Crippen LogP contribution in [0.25, 0.3) is 11.6 Å². The van der Waals surface area contributed by atoms with Crippen LogP contribution in [0.1, 0.15) is 30.4 Å². The molecular weight excluding hydrogens is 417 g/mol. The molecule has 144 valence electrons. The van der Waals surface area contributed by atoms with E-state index in [1.165, 1.54) is 12.1 Å². The summed E-state index contributed by atoms with van der Waals surface area (Å²) in [5.74, 6) is -0.238. The van der Waals surface area contributed by atoms with Crippen LogP contribution in [0.4, 0.5) is 10.1 Å². The van der Waals surface area contributed by atoms with Crippen LogP contribution in [-0.2, 0) is 4.79 Å². The Morgan fingerprint density at radius 3 is 2.64 bits per heavy atom. The number of hydrogen-bond donors (Lipinski definition) is 0. The van der Waals surface area contributed by atoms with Gasteiger partial charge in [-0.05, 0) is 69.7 Å². The van der Waals surface area contributed by atoms with Gasteiger partial charge in [-0.3, -0.25) is 4.79 Å². The normalized spacial score (nSPS) is 14.0. The van der Waals surface area contributed by atoms with Gasteiger partial charge in [-0.1, -0.05) is 42.5 Å². The van der Waals surface area contributed by atoms with Gasteiger partial charge in [-0.15, -0.1) is 0 Å². The molecule has 0 spiro atoms. The lowest BCUT2D eigenvalue weighted by molar-refractivity contribution is -0.114. The molecule has 0 aliphatic heterocycles. The number of rotatable bonds is 6. The average Bonchev–Trinajstić information content (AvgIpc) is 2.67. The van der Waals surface area contributed by atoms with E-state index in [0.717, 1.165) is 39.7 Å². The van der Waals surface area contributed by atoms with Gasteiger partial charge in [0.1, 0.15) is 5.82 Å². The molecule has 2 nitrogen and oxygen atoms in total. The molecule has 0 heterocycles. The first kappa shape index (κ1) is 20.3. The van der Waals surface area contributed by atoms with Crippen LogP contribution in [0, 0.1) is 5.82 Å². The lowest BCUT2D eigenvalue weighted by Crippen LogP contribution is -2.09. The molecule has 0 amide bonds. The minimum Gasteiger partial charge on any atom is -0.377 e. The summed E-state index contributed by atoms with van der Waals surface area (Å²) in [5.41, 5.74) is 4.41. The van der Waals surface area contributed by atoms with Gasteiger partial charge in [0, 0.05) is 30.6 Å². The fourth-order valence-corrected chi connectivity index (χ4v) is 4.02. The molecular formula is C24H23BrFNO. The number of hydrogen-bond acceptors (Lipinski definition) is 2. The van der Waals surface area contributed by atoms with Crippen molar-refractivity contribution in [2.24, 2.45) is 0 Å². The Balaban J connectivity index is 1.72. The Hall–Kier alpha value is -2.46. The van der Waals surface area contributed by atoms with E-state index in [4.69, 9.17) is 0 Å². The predicted octanol–water partition coefficient (Wildman–Crippen LogP) is 6.43. The number of Topliss-reactive ketones (excluding diaryl/α,β-unsaturated/α-hetero) is 1. The van der Waals surface area contributed by atoms with Gasteiger partial charge >= 0.3 is 0 Å². The number of benzene rings is 2. The first-order chi connectivity index (χ1) is 13.5. The summed E-state index contributed by atoms with van der Waals surface area (Å²) in [6, 6.07) is 12.5. The van der Waals surface area contributed by atoms with Crippen LogP contribution in [0.2, 0.25) is 0 Å². The van der Waals surface area contributed by atoms with Crippen molar-refractivity contribution in [2.45, 2.75) is 19.3 Å². The Morgan fingerprint density at radius 2 is 1.93 bits per heavy atom. The first-order valence-corrected chi connectivity index (χ1v) is 10.1. The zero-order valence-corrected chi connectivity index (χ0v) is 17.7. The summed E-state index contributed by atoms with van der Waals surface area (Å²) in [6.45, 7) is 0. The topological polar surface area (TPSA) is 20.3 Å². The third-order valence-corrected chi connectivity index (χ3v) is 5.29. The van der Waals surface area contributed by atoms with Crippen molar-refractivity contribution in [1.29, 1.82) is 0 Å². The Morgan fingerprint density at radius 1 is 1.14 bits per heavy atom. The predicted molar refractivity (Wildman–Crippen MR) is 119 cm³/mol. The maximum absolute atomic E-state index is 13.6. The van der Waals surface area contributed by atoms with E-state index in [9.17, 15) is 9.18 Å². The Bertz CT molecular complexity index is 972. The molecule has 1 aliphatic carbocycles. The molecule has 0 fully saturated rings. The highest BCUT2D eigenvalue weighted by Gasteiger charge is 2.17. The molecule has 2 aromatic carbocycles. The molecule has 4 heteroatoms. The van der Waals surface area contributed by atoms with Crippen LogP contribution >= 0.6 is 15.9 Å². The van der Waals surface area contributed by atoms with Crippen molar-refractivity contribution in [2.75, 3.05) is 19.0 Å². The first-order valence-electron chi connectivity index (χ1n) is 9.29. The van der Waals surface area contributed by atoms with Crippen molar-refractivity contribution in [3.63, 3.8) is 0 Å². The number of ketones is 1. The highest BCUT2D eigenvalue weighted by atomic mass is 79.9. The van der Waals surface area contributed by atoms with E-state index in [-0.39, 0.29) is 11.6 Å².